The second kappa shape index (κ2) is 8.02. The van der Waals surface area contributed by atoms with Gasteiger partial charge in [-0.15, -0.1) is 0 Å². The summed E-state index contributed by atoms with van der Waals surface area (Å²) in [6, 6.07) is 9.48. The fourth-order valence-corrected chi connectivity index (χ4v) is 3.99. The molecule has 0 unspecified atom stereocenters. The van der Waals surface area contributed by atoms with Crippen LogP contribution >= 0.6 is 11.3 Å². The van der Waals surface area contributed by atoms with Crippen LogP contribution in [0.25, 0.3) is 10.2 Å². The highest BCUT2D eigenvalue weighted by Crippen LogP contribution is 2.32. The van der Waals surface area contributed by atoms with Crippen molar-refractivity contribution in [3.63, 3.8) is 0 Å². The predicted molar refractivity (Wildman–Crippen MR) is 105 cm³/mol. The quantitative estimate of drug-likeness (QED) is 0.348. The average Bonchev–Trinajstić information content (AvgIpc) is 3.31. The van der Waals surface area contributed by atoms with Gasteiger partial charge in [0.2, 0.25) is 6.79 Å². The number of amides is 1. The molecule has 0 fully saturated rings. The second-order valence-electron chi connectivity index (χ2n) is 6.13. The molecule has 0 saturated carbocycles. The average molecular weight is 415 g/mol. The van der Waals surface area contributed by atoms with E-state index in [0.717, 1.165) is 4.70 Å². The van der Waals surface area contributed by atoms with Gasteiger partial charge in [-0.2, -0.15) is 4.99 Å². The fourth-order valence-electron chi connectivity index (χ4n) is 2.95. The van der Waals surface area contributed by atoms with E-state index in [1.807, 2.05) is 6.92 Å². The van der Waals surface area contributed by atoms with E-state index in [1.54, 1.807) is 28.8 Å². The van der Waals surface area contributed by atoms with Crippen LogP contribution in [0.1, 0.15) is 17.3 Å². The molecule has 0 spiro atoms. The van der Waals surface area contributed by atoms with Crippen LogP contribution in [0.15, 0.2) is 41.4 Å². The number of thiazole rings is 1. The van der Waals surface area contributed by atoms with Crippen molar-refractivity contribution in [3.05, 3.63) is 56.9 Å². The number of ether oxygens (including phenoxy) is 3. The smallest absolute Gasteiger partial charge is 0.279 e. The number of non-ortho nitro benzene ring substituents is 1. The third kappa shape index (κ3) is 3.84. The van der Waals surface area contributed by atoms with Gasteiger partial charge in [0.05, 0.1) is 21.7 Å². The molecule has 150 valence electrons. The van der Waals surface area contributed by atoms with Crippen LogP contribution in [-0.4, -0.2) is 35.4 Å². The summed E-state index contributed by atoms with van der Waals surface area (Å²) in [5.74, 6) is 0.652. The van der Waals surface area contributed by atoms with Crippen LogP contribution in [0.4, 0.5) is 5.69 Å². The summed E-state index contributed by atoms with van der Waals surface area (Å²) < 4.78 is 18.6. The highest BCUT2D eigenvalue weighted by molar-refractivity contribution is 7.16. The summed E-state index contributed by atoms with van der Waals surface area (Å²) in [4.78, 5) is 28.2. The largest absolute Gasteiger partial charge is 0.454 e. The molecule has 3 aromatic rings. The van der Waals surface area contributed by atoms with Gasteiger partial charge < -0.3 is 18.8 Å². The van der Waals surface area contributed by atoms with Gasteiger partial charge in [-0.05, 0) is 31.2 Å². The first-order valence-corrected chi connectivity index (χ1v) is 9.72. The van der Waals surface area contributed by atoms with Crippen LogP contribution in [0, 0.1) is 10.1 Å². The normalized spacial score (nSPS) is 13.2. The van der Waals surface area contributed by atoms with Crippen LogP contribution in [0.3, 0.4) is 0 Å². The first-order valence-electron chi connectivity index (χ1n) is 8.91. The molecule has 1 aromatic heterocycles. The van der Waals surface area contributed by atoms with Crippen molar-refractivity contribution in [2.45, 2.75) is 13.5 Å². The lowest BCUT2D eigenvalue weighted by molar-refractivity contribution is -0.384. The number of carbonyl (C=O) groups is 1. The monoisotopic (exact) mass is 415 g/mol. The summed E-state index contributed by atoms with van der Waals surface area (Å²) >= 11 is 1.29. The minimum Gasteiger partial charge on any atom is -0.454 e. The molecule has 0 atom stereocenters. The first-order chi connectivity index (χ1) is 14.1. The van der Waals surface area contributed by atoms with Gasteiger partial charge in [-0.25, -0.2) is 0 Å². The summed E-state index contributed by atoms with van der Waals surface area (Å²) in [6.45, 7) is 3.37. The third-order valence-electron chi connectivity index (χ3n) is 4.36. The lowest BCUT2D eigenvalue weighted by atomic mass is 10.2. The number of fused-ring (bicyclic) bond motifs is 2. The van der Waals surface area contributed by atoms with Gasteiger partial charge in [0.25, 0.3) is 11.6 Å². The minimum atomic E-state index is -0.446. The number of carbonyl (C=O) groups excluding carboxylic acids is 1. The van der Waals surface area contributed by atoms with Gasteiger partial charge in [0.15, 0.2) is 16.3 Å². The van der Waals surface area contributed by atoms with Crippen molar-refractivity contribution in [3.8, 4) is 11.5 Å². The standard InChI is InChI=1S/C19H17N3O6S/c1-2-26-8-7-21-14-10-13(22(24)25)4-6-17(14)29-19(21)20-18(23)12-3-5-15-16(9-12)28-11-27-15/h3-6,9-10H,2,7-8,11H2,1H3. The molecule has 0 radical (unpaired) electrons. The summed E-state index contributed by atoms with van der Waals surface area (Å²) in [5, 5.41) is 11.2. The number of hydrogen-bond donors (Lipinski definition) is 0. The number of benzene rings is 2. The number of nitro groups is 1. The zero-order valence-corrected chi connectivity index (χ0v) is 16.3. The molecule has 9 nitrogen and oxygen atoms in total. The number of aromatic nitrogens is 1. The Labute approximate surface area is 168 Å². The van der Waals surface area contributed by atoms with E-state index in [4.69, 9.17) is 14.2 Å². The number of nitro benzene ring substituents is 1. The van der Waals surface area contributed by atoms with Crippen molar-refractivity contribution in [2.24, 2.45) is 4.99 Å². The zero-order chi connectivity index (χ0) is 20.4. The van der Waals surface area contributed by atoms with Gasteiger partial charge in [-0.1, -0.05) is 11.3 Å². The van der Waals surface area contributed by atoms with E-state index < -0.39 is 10.8 Å². The highest BCUT2D eigenvalue weighted by atomic mass is 32.1. The lowest BCUT2D eigenvalue weighted by Crippen LogP contribution is -2.19. The fraction of sp³-hybridized carbons (Fsp3) is 0.263. The Kier molecular flexibility index (Phi) is 5.28. The van der Waals surface area contributed by atoms with E-state index in [1.165, 1.54) is 23.5 Å². The Morgan fingerprint density at radius 2 is 2.10 bits per heavy atom. The van der Waals surface area contributed by atoms with Gasteiger partial charge in [0, 0.05) is 30.8 Å². The summed E-state index contributed by atoms with van der Waals surface area (Å²) in [6.07, 6.45) is 0. The summed E-state index contributed by atoms with van der Waals surface area (Å²) in [7, 11) is 0. The zero-order valence-electron chi connectivity index (χ0n) is 15.5. The minimum absolute atomic E-state index is 0.0193. The molecular formula is C19H17N3O6S. The lowest BCUT2D eigenvalue weighted by Gasteiger charge is -2.05. The molecule has 0 bridgehead atoms. The van der Waals surface area contributed by atoms with E-state index in [2.05, 4.69) is 4.99 Å². The molecule has 29 heavy (non-hydrogen) atoms. The topological polar surface area (TPSA) is 105 Å². The van der Waals surface area contributed by atoms with Crippen molar-refractivity contribution in [1.82, 2.24) is 4.57 Å². The maximum atomic E-state index is 12.7. The molecule has 1 aliphatic heterocycles. The number of hydrogen-bond acceptors (Lipinski definition) is 7. The van der Waals surface area contributed by atoms with Crippen molar-refractivity contribution in [2.75, 3.05) is 20.0 Å². The summed E-state index contributed by atoms with van der Waals surface area (Å²) in [5.41, 5.74) is 0.990. The van der Waals surface area contributed by atoms with Crippen LogP contribution in [0.2, 0.25) is 0 Å². The Morgan fingerprint density at radius 3 is 2.90 bits per heavy atom. The van der Waals surface area contributed by atoms with Gasteiger partial charge >= 0.3 is 0 Å². The SMILES string of the molecule is CCOCCn1c(=NC(=O)c2ccc3c(c2)OCO3)sc2ccc([N+](=O)[O-])cc21. The molecule has 0 N–H and O–H groups in total. The molecule has 4 rings (SSSR count). The van der Waals surface area contributed by atoms with Crippen LogP contribution < -0.4 is 14.3 Å². The maximum Gasteiger partial charge on any atom is 0.279 e. The van der Waals surface area contributed by atoms with Crippen LogP contribution in [-0.2, 0) is 11.3 Å². The van der Waals surface area contributed by atoms with Crippen LogP contribution in [0.5, 0.6) is 11.5 Å². The van der Waals surface area contributed by atoms with Crippen molar-refractivity contribution in [1.29, 1.82) is 0 Å². The van der Waals surface area contributed by atoms with E-state index in [9.17, 15) is 14.9 Å². The Morgan fingerprint density at radius 1 is 1.28 bits per heavy atom. The molecule has 2 aromatic carbocycles. The first kappa shape index (κ1) is 19.1. The van der Waals surface area contributed by atoms with E-state index in [-0.39, 0.29) is 12.5 Å². The van der Waals surface area contributed by atoms with Gasteiger partial charge in [0.1, 0.15) is 0 Å². The highest BCUT2D eigenvalue weighted by Gasteiger charge is 2.17. The molecule has 0 aliphatic carbocycles. The molecular weight excluding hydrogens is 398 g/mol. The molecule has 2 heterocycles. The Hall–Kier alpha value is -3.24. The molecule has 10 heteroatoms. The third-order valence-corrected chi connectivity index (χ3v) is 5.42. The molecule has 1 aliphatic rings. The van der Waals surface area contributed by atoms with Gasteiger partial charge in [-0.3, -0.25) is 14.9 Å². The molecule has 0 saturated heterocycles. The Bertz CT molecular complexity index is 1170. The van der Waals surface area contributed by atoms with E-state index in [0.29, 0.717) is 47.1 Å². The van der Waals surface area contributed by atoms with Crippen molar-refractivity contribution >= 4 is 33.1 Å². The second-order valence-corrected chi connectivity index (χ2v) is 7.14. The van der Waals surface area contributed by atoms with E-state index >= 15 is 0 Å². The van der Waals surface area contributed by atoms with Crippen molar-refractivity contribution < 1.29 is 23.9 Å². The molecule has 1 amide bonds. The number of rotatable bonds is 6. The predicted octanol–water partition coefficient (Wildman–Crippen LogP) is 3.12. The maximum absolute atomic E-state index is 12.7. The Balaban J connectivity index is 1.77. The number of nitrogens with zero attached hydrogens (tertiary/aromatic N) is 3.